The molecule has 0 saturated carbocycles. The van der Waals surface area contributed by atoms with Crippen molar-refractivity contribution in [2.24, 2.45) is 0 Å². The first-order valence-electron chi connectivity index (χ1n) is 9.43. The summed E-state index contributed by atoms with van der Waals surface area (Å²) in [5.74, 6) is 0.443. The number of aliphatic carboxylic acids is 1. The van der Waals surface area contributed by atoms with Crippen LogP contribution in [0.2, 0.25) is 0 Å². The lowest BCUT2D eigenvalue weighted by Gasteiger charge is -2.33. The normalized spacial score (nSPS) is 15.9. The monoisotopic (exact) mass is 413 g/mol. The van der Waals surface area contributed by atoms with Crippen LogP contribution in [0.1, 0.15) is 17.5 Å². The Bertz CT molecular complexity index is 895. The molecule has 4 nitrogen and oxygen atoms in total. The first kappa shape index (κ1) is 21.0. The molecule has 0 fully saturated rings. The van der Waals surface area contributed by atoms with E-state index in [4.69, 9.17) is 4.74 Å². The Morgan fingerprint density at radius 1 is 1.21 bits per heavy atom. The van der Waals surface area contributed by atoms with Crippen molar-refractivity contribution in [3.05, 3.63) is 89.4 Å². The molecular weight excluding hydrogens is 389 g/mol. The molecule has 2 aromatic carbocycles. The molecule has 0 amide bonds. The topological polar surface area (TPSA) is 49.8 Å². The number of hydrogen-bond donors (Lipinski definition) is 1. The standard InChI is InChI=1S/C23H24FNO3S/c1-28-20-7-2-5-18(15-20)16-25-13-3-8-21(23(26)27)22(25)29-14-4-6-17-9-11-19(24)12-10-17/h2-3,5,7-13,15,22H,4,6,14,16H2,1H3,(H,26,27). The fourth-order valence-electron chi connectivity index (χ4n) is 3.20. The van der Waals surface area contributed by atoms with Gasteiger partial charge in [-0.25, -0.2) is 9.18 Å². The number of aryl methyl sites for hydroxylation is 1. The molecule has 1 aliphatic heterocycles. The third-order valence-corrected chi connectivity index (χ3v) is 6.03. The zero-order chi connectivity index (χ0) is 20.6. The number of hydrogen-bond acceptors (Lipinski definition) is 4. The average Bonchev–Trinajstić information content (AvgIpc) is 2.73. The summed E-state index contributed by atoms with van der Waals surface area (Å²) in [5, 5.41) is 9.37. The van der Waals surface area contributed by atoms with E-state index in [0.29, 0.717) is 12.1 Å². The van der Waals surface area contributed by atoms with Gasteiger partial charge in [-0.15, -0.1) is 11.8 Å². The van der Waals surface area contributed by atoms with Crippen LogP contribution < -0.4 is 4.74 Å². The van der Waals surface area contributed by atoms with Crippen molar-refractivity contribution in [2.45, 2.75) is 24.8 Å². The zero-order valence-corrected chi connectivity index (χ0v) is 17.1. The van der Waals surface area contributed by atoms with E-state index in [-0.39, 0.29) is 11.2 Å². The number of carboxylic acids is 1. The Hall–Kier alpha value is -2.73. The highest BCUT2D eigenvalue weighted by molar-refractivity contribution is 8.00. The van der Waals surface area contributed by atoms with Gasteiger partial charge >= 0.3 is 5.97 Å². The molecule has 152 valence electrons. The van der Waals surface area contributed by atoms with Gasteiger partial charge in [0, 0.05) is 12.7 Å². The molecule has 1 aliphatic rings. The second kappa shape index (κ2) is 10.2. The summed E-state index contributed by atoms with van der Waals surface area (Å²) in [4.78, 5) is 13.8. The Morgan fingerprint density at radius 3 is 2.72 bits per heavy atom. The zero-order valence-electron chi connectivity index (χ0n) is 16.3. The van der Waals surface area contributed by atoms with Crippen LogP contribution in [0.15, 0.2) is 72.5 Å². The van der Waals surface area contributed by atoms with Crippen molar-refractivity contribution in [2.75, 3.05) is 12.9 Å². The van der Waals surface area contributed by atoms with Crippen LogP contribution in [0.25, 0.3) is 0 Å². The van der Waals surface area contributed by atoms with Crippen molar-refractivity contribution >= 4 is 17.7 Å². The molecule has 1 unspecified atom stereocenters. The number of rotatable bonds is 9. The molecule has 0 radical (unpaired) electrons. The highest BCUT2D eigenvalue weighted by Crippen LogP contribution is 2.30. The smallest absolute Gasteiger partial charge is 0.334 e. The number of ether oxygens (including phenoxy) is 1. The average molecular weight is 414 g/mol. The number of thioether (sulfide) groups is 1. The van der Waals surface area contributed by atoms with Gasteiger partial charge in [0.05, 0.1) is 12.7 Å². The van der Waals surface area contributed by atoms with Crippen LogP contribution in [0.5, 0.6) is 5.75 Å². The van der Waals surface area contributed by atoms with Gasteiger partial charge < -0.3 is 14.7 Å². The Balaban J connectivity index is 1.63. The van der Waals surface area contributed by atoms with Crippen LogP contribution in [-0.2, 0) is 17.8 Å². The lowest BCUT2D eigenvalue weighted by Crippen LogP contribution is -2.34. The Labute approximate surface area is 174 Å². The van der Waals surface area contributed by atoms with Gasteiger partial charge in [0.2, 0.25) is 0 Å². The number of carbonyl (C=O) groups is 1. The second-order valence-corrected chi connectivity index (χ2v) is 7.93. The van der Waals surface area contributed by atoms with Crippen LogP contribution >= 0.6 is 11.8 Å². The van der Waals surface area contributed by atoms with Crippen LogP contribution in [0.3, 0.4) is 0 Å². The van der Waals surface area contributed by atoms with Crippen molar-refractivity contribution < 1.29 is 19.0 Å². The number of methoxy groups -OCH3 is 1. The maximum absolute atomic E-state index is 13.0. The molecule has 29 heavy (non-hydrogen) atoms. The van der Waals surface area contributed by atoms with Gasteiger partial charge in [0.25, 0.3) is 0 Å². The number of nitrogens with zero attached hydrogens (tertiary/aromatic N) is 1. The fraction of sp³-hybridized carbons (Fsp3) is 0.261. The highest BCUT2D eigenvalue weighted by Gasteiger charge is 2.27. The summed E-state index contributed by atoms with van der Waals surface area (Å²) in [6, 6.07) is 14.3. The molecule has 0 aromatic heterocycles. The molecule has 2 aromatic rings. The Morgan fingerprint density at radius 2 is 2.00 bits per heavy atom. The molecule has 3 rings (SSSR count). The fourth-order valence-corrected chi connectivity index (χ4v) is 4.43. The van der Waals surface area contributed by atoms with E-state index < -0.39 is 5.97 Å². The highest BCUT2D eigenvalue weighted by atomic mass is 32.2. The molecule has 1 N–H and O–H groups in total. The van der Waals surface area contributed by atoms with E-state index >= 15 is 0 Å². The minimum absolute atomic E-state index is 0.235. The minimum atomic E-state index is -0.902. The van der Waals surface area contributed by atoms with E-state index in [1.54, 1.807) is 43.2 Å². The summed E-state index contributed by atoms with van der Waals surface area (Å²) in [6.45, 7) is 0.591. The van der Waals surface area contributed by atoms with Gasteiger partial charge in [-0.1, -0.05) is 24.3 Å². The molecule has 1 heterocycles. The molecule has 0 spiro atoms. The van der Waals surface area contributed by atoms with Gasteiger partial charge in [-0.05, 0) is 66.1 Å². The largest absolute Gasteiger partial charge is 0.497 e. The molecule has 1 atom stereocenters. The van der Waals surface area contributed by atoms with Crippen molar-refractivity contribution in [1.29, 1.82) is 0 Å². The SMILES string of the molecule is COc1cccc(CN2C=CC=C(C(=O)O)C2SCCCc2ccc(F)cc2)c1. The van der Waals surface area contributed by atoms with Crippen molar-refractivity contribution in [1.82, 2.24) is 4.90 Å². The second-order valence-electron chi connectivity index (χ2n) is 6.75. The molecule has 0 saturated heterocycles. The van der Waals surface area contributed by atoms with Crippen LogP contribution in [0.4, 0.5) is 4.39 Å². The third kappa shape index (κ3) is 5.87. The van der Waals surface area contributed by atoms with Gasteiger partial charge in [-0.2, -0.15) is 0 Å². The van der Waals surface area contributed by atoms with Crippen LogP contribution in [-0.4, -0.2) is 34.2 Å². The number of allylic oxidation sites excluding steroid dienone is 2. The number of halogens is 1. The first-order chi connectivity index (χ1) is 14.1. The number of carboxylic acid groups (broad SMARTS) is 1. The van der Waals surface area contributed by atoms with Gasteiger partial charge in [0.1, 0.15) is 16.9 Å². The summed E-state index contributed by atoms with van der Waals surface area (Å²) >= 11 is 1.61. The molecule has 6 heteroatoms. The first-order valence-corrected chi connectivity index (χ1v) is 10.5. The van der Waals surface area contributed by atoms with E-state index in [1.807, 2.05) is 35.4 Å². The Kier molecular flexibility index (Phi) is 7.36. The lowest BCUT2D eigenvalue weighted by molar-refractivity contribution is -0.133. The lowest BCUT2D eigenvalue weighted by atomic mass is 10.1. The molecular formula is C23H24FNO3S. The van der Waals surface area contributed by atoms with Crippen molar-refractivity contribution in [3.8, 4) is 5.75 Å². The predicted octanol–water partition coefficient (Wildman–Crippen LogP) is 4.87. The van der Waals surface area contributed by atoms with E-state index in [9.17, 15) is 14.3 Å². The van der Waals surface area contributed by atoms with Crippen molar-refractivity contribution in [3.63, 3.8) is 0 Å². The van der Waals surface area contributed by atoms with E-state index in [0.717, 1.165) is 35.5 Å². The predicted molar refractivity (Wildman–Crippen MR) is 114 cm³/mol. The summed E-state index contributed by atoms with van der Waals surface area (Å²) in [6.07, 6.45) is 7.10. The minimum Gasteiger partial charge on any atom is -0.497 e. The van der Waals surface area contributed by atoms with Crippen LogP contribution in [0, 0.1) is 5.82 Å². The third-order valence-electron chi connectivity index (χ3n) is 4.67. The van der Waals surface area contributed by atoms with E-state index in [2.05, 4.69) is 0 Å². The van der Waals surface area contributed by atoms with E-state index in [1.165, 1.54) is 12.1 Å². The quantitative estimate of drug-likeness (QED) is 0.595. The number of benzene rings is 2. The summed E-state index contributed by atoms with van der Waals surface area (Å²) < 4.78 is 18.3. The maximum atomic E-state index is 13.0. The molecule has 0 bridgehead atoms. The molecule has 0 aliphatic carbocycles. The summed E-state index contributed by atoms with van der Waals surface area (Å²) in [5.41, 5.74) is 2.51. The maximum Gasteiger partial charge on any atom is 0.334 e. The van der Waals surface area contributed by atoms with Gasteiger partial charge in [-0.3, -0.25) is 0 Å². The summed E-state index contributed by atoms with van der Waals surface area (Å²) in [7, 11) is 1.63. The van der Waals surface area contributed by atoms with Gasteiger partial charge in [0.15, 0.2) is 0 Å².